The van der Waals surface area contributed by atoms with E-state index in [4.69, 9.17) is 11.6 Å². The fraction of sp³-hybridized carbons (Fsp3) is 0.583. The summed E-state index contributed by atoms with van der Waals surface area (Å²) in [5, 5.41) is 0. The number of hydrogen-bond acceptors (Lipinski definition) is 3. The van der Waals surface area contributed by atoms with Crippen molar-refractivity contribution in [3.05, 3.63) is 21.3 Å². The van der Waals surface area contributed by atoms with Gasteiger partial charge in [0.25, 0.3) is 0 Å². The molecule has 1 aromatic heterocycles. The number of likely N-dealkylation sites (N-methyl/N-ethyl adjacent to an activating group) is 1. The van der Waals surface area contributed by atoms with E-state index in [1.807, 2.05) is 7.05 Å². The number of halogens is 1. The van der Waals surface area contributed by atoms with E-state index >= 15 is 0 Å². The van der Waals surface area contributed by atoms with Crippen LogP contribution in [0.2, 0.25) is 4.34 Å². The Kier molecular flexibility index (Phi) is 6.03. The van der Waals surface area contributed by atoms with Crippen molar-refractivity contribution in [2.24, 2.45) is 0 Å². The molecule has 0 N–H and O–H groups in total. The van der Waals surface area contributed by atoms with Crippen LogP contribution in [0.5, 0.6) is 0 Å². The smallest absolute Gasteiger partial charge is 0.186 e. The van der Waals surface area contributed by atoms with E-state index < -0.39 is 0 Å². The number of thiophene rings is 1. The van der Waals surface area contributed by atoms with Gasteiger partial charge in [-0.1, -0.05) is 31.4 Å². The topological polar surface area (TPSA) is 20.3 Å². The van der Waals surface area contributed by atoms with Crippen LogP contribution >= 0.6 is 22.9 Å². The summed E-state index contributed by atoms with van der Waals surface area (Å²) >= 11 is 7.15. The third kappa shape index (κ3) is 4.64. The predicted octanol–water partition coefficient (Wildman–Crippen LogP) is 3.71. The maximum absolute atomic E-state index is 11.8. The monoisotopic (exact) mass is 259 g/mol. The van der Waals surface area contributed by atoms with Crippen LogP contribution in [-0.4, -0.2) is 30.8 Å². The largest absolute Gasteiger partial charge is 0.299 e. The number of unbranched alkanes of at least 4 members (excludes halogenated alkanes) is 2. The first kappa shape index (κ1) is 13.7. The van der Waals surface area contributed by atoms with E-state index in [0.717, 1.165) is 17.8 Å². The van der Waals surface area contributed by atoms with Gasteiger partial charge in [0.1, 0.15) is 0 Å². The molecule has 0 aliphatic rings. The molecule has 2 nitrogen and oxygen atoms in total. The van der Waals surface area contributed by atoms with Crippen LogP contribution in [0.25, 0.3) is 0 Å². The van der Waals surface area contributed by atoms with Gasteiger partial charge < -0.3 is 0 Å². The van der Waals surface area contributed by atoms with E-state index in [1.54, 1.807) is 12.1 Å². The second kappa shape index (κ2) is 7.05. The van der Waals surface area contributed by atoms with Crippen LogP contribution < -0.4 is 0 Å². The molecule has 0 saturated heterocycles. The van der Waals surface area contributed by atoms with Crippen LogP contribution in [0.3, 0.4) is 0 Å². The maximum atomic E-state index is 11.8. The molecule has 0 bridgehead atoms. The van der Waals surface area contributed by atoms with Gasteiger partial charge in [-0.3, -0.25) is 9.69 Å². The Morgan fingerprint density at radius 1 is 1.44 bits per heavy atom. The number of hydrogen-bond donors (Lipinski definition) is 0. The van der Waals surface area contributed by atoms with Crippen LogP contribution in [0.1, 0.15) is 35.9 Å². The normalized spacial score (nSPS) is 11.0. The van der Waals surface area contributed by atoms with Gasteiger partial charge in [0, 0.05) is 0 Å². The highest BCUT2D eigenvalue weighted by Crippen LogP contribution is 2.21. The summed E-state index contributed by atoms with van der Waals surface area (Å²) < 4.78 is 0.678. The SMILES string of the molecule is CCCCCN(C)CC(=O)c1ccc(Cl)s1. The van der Waals surface area contributed by atoms with Crippen molar-refractivity contribution in [1.29, 1.82) is 0 Å². The Balaban J connectivity index is 2.33. The number of Topliss-reactive ketones (excluding diaryl/α,β-unsaturated/α-hetero) is 1. The molecule has 90 valence electrons. The van der Waals surface area contributed by atoms with Crippen molar-refractivity contribution in [3.63, 3.8) is 0 Å². The van der Waals surface area contributed by atoms with E-state index in [2.05, 4.69) is 11.8 Å². The fourth-order valence-electron chi connectivity index (χ4n) is 1.50. The van der Waals surface area contributed by atoms with Crippen LogP contribution in [0, 0.1) is 0 Å². The predicted molar refractivity (Wildman–Crippen MR) is 70.7 cm³/mol. The highest BCUT2D eigenvalue weighted by Gasteiger charge is 2.11. The molecule has 0 saturated carbocycles. The van der Waals surface area contributed by atoms with Gasteiger partial charge in [0.15, 0.2) is 5.78 Å². The summed E-state index contributed by atoms with van der Waals surface area (Å²) in [5.74, 6) is 0.163. The average Bonchev–Trinajstić information content (AvgIpc) is 2.65. The van der Waals surface area contributed by atoms with Crippen LogP contribution in [0.4, 0.5) is 0 Å². The molecule has 0 radical (unpaired) electrons. The molecule has 0 spiro atoms. The second-order valence-corrected chi connectivity index (χ2v) is 5.69. The molecule has 0 aliphatic heterocycles. The highest BCUT2D eigenvalue weighted by molar-refractivity contribution is 7.18. The first-order valence-electron chi connectivity index (χ1n) is 5.60. The zero-order valence-electron chi connectivity index (χ0n) is 9.83. The first-order valence-corrected chi connectivity index (χ1v) is 6.80. The molecule has 0 fully saturated rings. The van der Waals surface area contributed by atoms with Crippen molar-refractivity contribution in [2.45, 2.75) is 26.2 Å². The summed E-state index contributed by atoms with van der Waals surface area (Å²) in [6.45, 7) is 3.65. The molecule has 0 unspecified atom stereocenters. The summed E-state index contributed by atoms with van der Waals surface area (Å²) in [7, 11) is 1.99. The molecule has 1 rings (SSSR count). The van der Waals surface area contributed by atoms with Gasteiger partial charge in [0.05, 0.1) is 15.8 Å². The van der Waals surface area contributed by atoms with E-state index in [9.17, 15) is 4.79 Å². The van der Waals surface area contributed by atoms with E-state index in [0.29, 0.717) is 10.9 Å². The van der Waals surface area contributed by atoms with Gasteiger partial charge in [-0.15, -0.1) is 11.3 Å². The number of nitrogens with zero attached hydrogens (tertiary/aromatic N) is 1. The lowest BCUT2D eigenvalue weighted by atomic mass is 10.2. The third-order valence-corrected chi connectivity index (χ3v) is 3.68. The van der Waals surface area contributed by atoms with Gasteiger partial charge in [-0.05, 0) is 32.1 Å². The van der Waals surface area contributed by atoms with Gasteiger partial charge in [0.2, 0.25) is 0 Å². The minimum absolute atomic E-state index is 0.163. The molecule has 16 heavy (non-hydrogen) atoms. The van der Waals surface area contributed by atoms with Crippen molar-refractivity contribution in [1.82, 2.24) is 4.90 Å². The Bertz CT molecular complexity index is 338. The molecule has 1 heterocycles. The van der Waals surface area contributed by atoms with Crippen molar-refractivity contribution >= 4 is 28.7 Å². The molecule has 4 heteroatoms. The lowest BCUT2D eigenvalue weighted by molar-refractivity contribution is 0.0949. The Labute approximate surface area is 106 Å². The molecular formula is C12H18ClNOS. The summed E-state index contributed by atoms with van der Waals surface area (Å²) in [6, 6.07) is 3.58. The quantitative estimate of drug-likeness (QED) is 0.550. The summed E-state index contributed by atoms with van der Waals surface area (Å²) in [5.41, 5.74) is 0. The number of carbonyl (C=O) groups is 1. The van der Waals surface area contributed by atoms with Gasteiger partial charge in [-0.25, -0.2) is 0 Å². The van der Waals surface area contributed by atoms with E-state index in [1.165, 1.54) is 24.2 Å². The zero-order chi connectivity index (χ0) is 12.0. The standard InChI is InChI=1S/C12H18ClNOS/c1-3-4-5-8-14(2)9-10(15)11-6-7-12(13)16-11/h6-7H,3-5,8-9H2,1-2H3. The minimum Gasteiger partial charge on any atom is -0.299 e. The number of rotatable bonds is 7. The first-order chi connectivity index (χ1) is 7.63. The van der Waals surface area contributed by atoms with Gasteiger partial charge in [-0.2, -0.15) is 0 Å². The van der Waals surface area contributed by atoms with Crippen molar-refractivity contribution in [3.8, 4) is 0 Å². The molecular weight excluding hydrogens is 242 g/mol. The Morgan fingerprint density at radius 3 is 2.75 bits per heavy atom. The second-order valence-electron chi connectivity index (χ2n) is 3.97. The lowest BCUT2D eigenvalue weighted by Gasteiger charge is -2.14. The van der Waals surface area contributed by atoms with Gasteiger partial charge >= 0.3 is 0 Å². The summed E-state index contributed by atoms with van der Waals surface area (Å²) in [6.07, 6.45) is 3.59. The molecule has 0 amide bonds. The minimum atomic E-state index is 0.163. The maximum Gasteiger partial charge on any atom is 0.186 e. The number of carbonyl (C=O) groups excluding carboxylic acids is 1. The molecule has 0 atom stereocenters. The Morgan fingerprint density at radius 2 is 2.19 bits per heavy atom. The molecule has 0 aliphatic carbocycles. The average molecular weight is 260 g/mol. The van der Waals surface area contributed by atoms with Crippen molar-refractivity contribution in [2.75, 3.05) is 20.1 Å². The summed E-state index contributed by atoms with van der Waals surface area (Å²) in [4.78, 5) is 14.6. The lowest BCUT2D eigenvalue weighted by Crippen LogP contribution is -2.26. The third-order valence-electron chi connectivity index (χ3n) is 2.40. The fourth-order valence-corrected chi connectivity index (χ4v) is 2.47. The Hall–Kier alpha value is -0.380. The van der Waals surface area contributed by atoms with Crippen LogP contribution in [-0.2, 0) is 0 Å². The number of ketones is 1. The van der Waals surface area contributed by atoms with Crippen LogP contribution in [0.15, 0.2) is 12.1 Å². The molecule has 0 aromatic carbocycles. The van der Waals surface area contributed by atoms with Crippen molar-refractivity contribution < 1.29 is 4.79 Å². The molecule has 1 aromatic rings. The zero-order valence-corrected chi connectivity index (χ0v) is 11.4. The highest BCUT2D eigenvalue weighted by atomic mass is 35.5. The van der Waals surface area contributed by atoms with E-state index in [-0.39, 0.29) is 5.78 Å².